The van der Waals surface area contributed by atoms with Crippen molar-refractivity contribution in [1.82, 2.24) is 5.32 Å². The number of carbonyl (C=O) groups excluding carboxylic acids is 3. The number of carbonyl (C=O) groups is 3. The molecule has 0 saturated heterocycles. The van der Waals surface area contributed by atoms with Crippen LogP contribution in [0.5, 0.6) is 0 Å². The van der Waals surface area contributed by atoms with Gasteiger partial charge in [0.15, 0.2) is 6.61 Å². The van der Waals surface area contributed by atoms with E-state index in [1.165, 1.54) is 11.3 Å². The van der Waals surface area contributed by atoms with Crippen molar-refractivity contribution in [2.45, 2.75) is 12.8 Å². The molecule has 0 spiro atoms. The lowest BCUT2D eigenvalue weighted by Gasteiger charge is -2.09. The minimum atomic E-state index is -0.526. The van der Waals surface area contributed by atoms with Crippen molar-refractivity contribution < 1.29 is 19.1 Å². The number of nitrogens with one attached hydrogen (secondary N) is 2. The number of halogens is 2. The van der Waals surface area contributed by atoms with Gasteiger partial charge in [-0.2, -0.15) is 11.3 Å². The summed E-state index contributed by atoms with van der Waals surface area (Å²) in [5.74, 6) is -1.23. The van der Waals surface area contributed by atoms with Crippen LogP contribution in [0.25, 0.3) is 0 Å². The Morgan fingerprint density at radius 1 is 1.15 bits per heavy atom. The highest BCUT2D eigenvalue weighted by Gasteiger charge is 2.11. The molecule has 0 aliphatic rings. The molecular formula is C17H16Cl2N2O4S. The maximum atomic E-state index is 11.8. The Labute approximate surface area is 164 Å². The van der Waals surface area contributed by atoms with Crippen LogP contribution in [0.1, 0.15) is 23.2 Å². The molecule has 0 unspecified atom stereocenters. The highest BCUT2D eigenvalue weighted by atomic mass is 35.5. The van der Waals surface area contributed by atoms with Crippen LogP contribution in [0.4, 0.5) is 5.69 Å². The molecule has 2 N–H and O–H groups in total. The van der Waals surface area contributed by atoms with Gasteiger partial charge in [-0.3, -0.25) is 14.4 Å². The van der Waals surface area contributed by atoms with Gasteiger partial charge in [-0.15, -0.1) is 0 Å². The van der Waals surface area contributed by atoms with Gasteiger partial charge in [0.2, 0.25) is 0 Å². The monoisotopic (exact) mass is 414 g/mol. The van der Waals surface area contributed by atoms with Crippen molar-refractivity contribution in [2.24, 2.45) is 0 Å². The number of benzene rings is 1. The van der Waals surface area contributed by atoms with Gasteiger partial charge in [-0.25, -0.2) is 0 Å². The molecule has 2 amide bonds. The number of ether oxygens (including phenoxy) is 1. The van der Waals surface area contributed by atoms with E-state index >= 15 is 0 Å². The lowest BCUT2D eigenvalue weighted by atomic mass is 10.3. The number of esters is 1. The van der Waals surface area contributed by atoms with Gasteiger partial charge in [-0.1, -0.05) is 29.3 Å². The van der Waals surface area contributed by atoms with Gasteiger partial charge in [0, 0.05) is 23.9 Å². The molecule has 6 nitrogen and oxygen atoms in total. The van der Waals surface area contributed by atoms with Crippen LogP contribution in [0.15, 0.2) is 35.0 Å². The normalized spacial score (nSPS) is 10.2. The lowest BCUT2D eigenvalue weighted by Crippen LogP contribution is -2.25. The summed E-state index contributed by atoms with van der Waals surface area (Å²) in [6.45, 7) is -0.0863. The molecule has 0 atom stereocenters. The van der Waals surface area contributed by atoms with Gasteiger partial charge in [0.1, 0.15) is 0 Å². The number of hydrogen-bond acceptors (Lipinski definition) is 5. The minimum Gasteiger partial charge on any atom is -0.456 e. The maximum Gasteiger partial charge on any atom is 0.306 e. The quantitative estimate of drug-likeness (QED) is 0.508. The molecule has 2 rings (SSSR count). The molecule has 0 bridgehead atoms. The molecule has 0 saturated carbocycles. The largest absolute Gasteiger partial charge is 0.456 e. The highest BCUT2D eigenvalue weighted by Crippen LogP contribution is 2.29. The number of rotatable bonds is 8. The standard InChI is InChI=1S/C17H16Cl2N2O4S/c18-12-3-1-4-13(16(12)19)21-14(22)9-25-15(23)5-2-7-20-17(24)11-6-8-26-10-11/h1,3-4,6,8,10H,2,5,7,9H2,(H,20,24)(H,21,22). The first kappa shape index (κ1) is 20.2. The van der Waals surface area contributed by atoms with E-state index < -0.39 is 18.5 Å². The molecule has 9 heteroatoms. The third-order valence-corrected chi connectivity index (χ3v) is 4.72. The van der Waals surface area contributed by atoms with E-state index in [0.717, 1.165) is 0 Å². The zero-order chi connectivity index (χ0) is 18.9. The summed E-state index contributed by atoms with van der Waals surface area (Å²) >= 11 is 13.2. The maximum absolute atomic E-state index is 11.8. The number of amides is 2. The SMILES string of the molecule is O=C(COC(=O)CCCNC(=O)c1ccsc1)Nc1cccc(Cl)c1Cl. The van der Waals surface area contributed by atoms with Crippen molar-refractivity contribution in [3.05, 3.63) is 50.6 Å². The van der Waals surface area contributed by atoms with Crippen molar-refractivity contribution in [3.8, 4) is 0 Å². The molecule has 138 valence electrons. The lowest BCUT2D eigenvalue weighted by molar-refractivity contribution is -0.147. The first-order valence-electron chi connectivity index (χ1n) is 7.67. The Morgan fingerprint density at radius 2 is 1.96 bits per heavy atom. The fraction of sp³-hybridized carbons (Fsp3) is 0.235. The van der Waals surface area contributed by atoms with Crippen LogP contribution in [0.2, 0.25) is 10.0 Å². The second kappa shape index (κ2) is 10.2. The first-order valence-corrected chi connectivity index (χ1v) is 9.37. The predicted octanol–water partition coefficient (Wildman–Crippen LogP) is 3.75. The van der Waals surface area contributed by atoms with E-state index in [9.17, 15) is 14.4 Å². The van der Waals surface area contributed by atoms with Gasteiger partial charge in [0.05, 0.1) is 15.7 Å². The summed E-state index contributed by atoms with van der Waals surface area (Å²) in [6.07, 6.45) is 0.506. The van der Waals surface area contributed by atoms with E-state index in [4.69, 9.17) is 27.9 Å². The fourth-order valence-electron chi connectivity index (χ4n) is 1.94. The summed E-state index contributed by atoms with van der Waals surface area (Å²) in [6, 6.07) is 6.54. The Bertz CT molecular complexity index is 781. The molecule has 1 heterocycles. The Balaban J connectivity index is 1.63. The van der Waals surface area contributed by atoms with Gasteiger partial charge >= 0.3 is 5.97 Å². The molecule has 26 heavy (non-hydrogen) atoms. The Morgan fingerprint density at radius 3 is 2.69 bits per heavy atom. The number of anilines is 1. The van der Waals surface area contributed by atoms with E-state index in [2.05, 4.69) is 10.6 Å². The average molecular weight is 415 g/mol. The molecule has 1 aromatic heterocycles. The van der Waals surface area contributed by atoms with Gasteiger partial charge < -0.3 is 15.4 Å². The Hall–Kier alpha value is -2.09. The van der Waals surface area contributed by atoms with Crippen LogP contribution in [-0.2, 0) is 14.3 Å². The highest BCUT2D eigenvalue weighted by molar-refractivity contribution is 7.08. The van der Waals surface area contributed by atoms with Crippen LogP contribution in [0, 0.1) is 0 Å². The summed E-state index contributed by atoms with van der Waals surface area (Å²) in [4.78, 5) is 35.1. The summed E-state index contributed by atoms with van der Waals surface area (Å²) < 4.78 is 4.89. The minimum absolute atomic E-state index is 0.0924. The van der Waals surface area contributed by atoms with Crippen LogP contribution in [0.3, 0.4) is 0 Å². The van der Waals surface area contributed by atoms with Gasteiger partial charge in [-0.05, 0) is 30.0 Å². The van der Waals surface area contributed by atoms with Crippen molar-refractivity contribution in [2.75, 3.05) is 18.5 Å². The van der Waals surface area contributed by atoms with Crippen molar-refractivity contribution in [1.29, 1.82) is 0 Å². The molecular weight excluding hydrogens is 399 g/mol. The van der Waals surface area contributed by atoms with Crippen molar-refractivity contribution >= 4 is 58.0 Å². The second-order valence-electron chi connectivity index (χ2n) is 5.18. The summed E-state index contributed by atoms with van der Waals surface area (Å²) in [5, 5.41) is 9.31. The smallest absolute Gasteiger partial charge is 0.306 e. The molecule has 0 fully saturated rings. The predicted molar refractivity (Wildman–Crippen MR) is 102 cm³/mol. The second-order valence-corrected chi connectivity index (χ2v) is 6.75. The molecule has 0 aliphatic carbocycles. The Kier molecular flexibility index (Phi) is 7.90. The first-order chi connectivity index (χ1) is 12.5. The molecule has 0 aliphatic heterocycles. The topological polar surface area (TPSA) is 84.5 Å². The zero-order valence-electron chi connectivity index (χ0n) is 13.6. The summed E-state index contributed by atoms with van der Waals surface area (Å²) in [7, 11) is 0. The average Bonchev–Trinajstić information content (AvgIpc) is 3.15. The zero-order valence-corrected chi connectivity index (χ0v) is 15.9. The van der Waals surface area contributed by atoms with E-state index in [0.29, 0.717) is 29.2 Å². The van der Waals surface area contributed by atoms with Gasteiger partial charge in [0.25, 0.3) is 11.8 Å². The van der Waals surface area contributed by atoms with Crippen LogP contribution >= 0.6 is 34.5 Å². The molecule has 2 aromatic rings. The number of hydrogen-bond donors (Lipinski definition) is 2. The van der Waals surface area contributed by atoms with Crippen LogP contribution in [-0.4, -0.2) is 30.9 Å². The fourth-order valence-corrected chi connectivity index (χ4v) is 2.92. The van der Waals surface area contributed by atoms with E-state index in [1.807, 2.05) is 5.38 Å². The number of thiophene rings is 1. The third-order valence-electron chi connectivity index (χ3n) is 3.22. The molecule has 1 aromatic carbocycles. The van der Waals surface area contributed by atoms with E-state index in [-0.39, 0.29) is 17.4 Å². The van der Waals surface area contributed by atoms with Crippen LogP contribution < -0.4 is 10.6 Å². The van der Waals surface area contributed by atoms with E-state index in [1.54, 1.807) is 29.6 Å². The molecule has 0 radical (unpaired) electrons. The third kappa shape index (κ3) is 6.33. The summed E-state index contributed by atoms with van der Waals surface area (Å²) in [5.41, 5.74) is 0.935. The van der Waals surface area contributed by atoms with Crippen molar-refractivity contribution in [3.63, 3.8) is 0 Å².